The quantitative estimate of drug-likeness (QED) is 0.678. The number of aliphatic imine (C=N–C) groups is 1. The Labute approximate surface area is 161 Å². The van der Waals surface area contributed by atoms with Crippen molar-refractivity contribution in [3.05, 3.63) is 63.9 Å². The van der Waals surface area contributed by atoms with Crippen molar-refractivity contribution in [2.75, 3.05) is 0 Å². The van der Waals surface area contributed by atoms with Gasteiger partial charge in [-0.3, -0.25) is 19.9 Å². The highest BCUT2D eigenvalue weighted by Gasteiger charge is 2.25. The molecular weight excluding hydrogens is 358 g/mol. The Balaban J connectivity index is 1.58. The van der Waals surface area contributed by atoms with E-state index in [2.05, 4.69) is 25.5 Å². The summed E-state index contributed by atoms with van der Waals surface area (Å²) in [6.45, 7) is 5.94. The number of carbonyl (C=O) groups is 1. The molecule has 3 heterocycles. The van der Waals surface area contributed by atoms with E-state index in [1.165, 1.54) is 11.8 Å². The first-order chi connectivity index (χ1) is 13.0. The monoisotopic (exact) mass is 377 g/mol. The number of hydrogen-bond donors (Lipinski definition) is 2. The lowest BCUT2D eigenvalue weighted by Gasteiger charge is -2.07. The summed E-state index contributed by atoms with van der Waals surface area (Å²) < 4.78 is 0. The Kier molecular flexibility index (Phi) is 4.53. The molecule has 136 valence electrons. The number of thioether (sulfide) groups is 1. The molecule has 0 aliphatic carbocycles. The van der Waals surface area contributed by atoms with Gasteiger partial charge in [-0.1, -0.05) is 12.1 Å². The number of nitrogens with zero attached hydrogens (tertiary/aromatic N) is 3. The molecule has 6 nitrogen and oxygen atoms in total. The summed E-state index contributed by atoms with van der Waals surface area (Å²) in [4.78, 5) is 22.0. The van der Waals surface area contributed by atoms with Crippen molar-refractivity contribution in [1.82, 2.24) is 20.5 Å². The van der Waals surface area contributed by atoms with E-state index in [0.29, 0.717) is 10.1 Å². The van der Waals surface area contributed by atoms with E-state index >= 15 is 0 Å². The molecule has 0 radical (unpaired) electrons. The molecule has 0 spiro atoms. The fraction of sp³-hybridized carbons (Fsp3) is 0.200. The summed E-state index contributed by atoms with van der Waals surface area (Å²) in [7, 11) is 0. The zero-order valence-electron chi connectivity index (χ0n) is 15.3. The van der Waals surface area contributed by atoms with Crippen LogP contribution in [-0.2, 0) is 4.79 Å². The normalized spacial score (nSPS) is 18.4. The Hall–Kier alpha value is -2.93. The van der Waals surface area contributed by atoms with Crippen LogP contribution in [0.15, 0.2) is 46.4 Å². The number of pyridine rings is 1. The summed E-state index contributed by atoms with van der Waals surface area (Å²) in [6, 6.07) is 9.78. The van der Waals surface area contributed by atoms with E-state index in [1.54, 1.807) is 6.20 Å². The predicted molar refractivity (Wildman–Crippen MR) is 109 cm³/mol. The predicted octanol–water partition coefficient (Wildman–Crippen LogP) is 3.90. The molecule has 1 aliphatic heterocycles. The maximum absolute atomic E-state index is 12.3. The number of nitrogens with one attached hydrogen (secondary N) is 2. The molecule has 27 heavy (non-hydrogen) atoms. The molecule has 2 N–H and O–H groups in total. The number of aryl methyl sites for hydroxylation is 2. The molecule has 0 bridgehead atoms. The number of H-pyrrole nitrogens is 1. The number of rotatable bonds is 3. The van der Waals surface area contributed by atoms with Gasteiger partial charge in [0, 0.05) is 22.8 Å². The third-order valence-corrected chi connectivity index (χ3v) is 5.41. The smallest absolute Gasteiger partial charge is 0.264 e. The fourth-order valence-electron chi connectivity index (χ4n) is 3.24. The van der Waals surface area contributed by atoms with Gasteiger partial charge in [0.2, 0.25) is 0 Å². The summed E-state index contributed by atoms with van der Waals surface area (Å²) in [6.07, 6.45) is 3.65. The van der Waals surface area contributed by atoms with E-state index in [4.69, 9.17) is 0 Å². The van der Waals surface area contributed by atoms with E-state index in [-0.39, 0.29) is 11.9 Å². The van der Waals surface area contributed by atoms with Crippen molar-refractivity contribution in [2.24, 2.45) is 4.99 Å². The van der Waals surface area contributed by atoms with Gasteiger partial charge in [-0.05, 0) is 62.4 Å². The van der Waals surface area contributed by atoms with Gasteiger partial charge in [-0.15, -0.1) is 0 Å². The van der Waals surface area contributed by atoms with Crippen LogP contribution in [-0.4, -0.2) is 26.3 Å². The molecule has 3 aromatic rings. The van der Waals surface area contributed by atoms with Gasteiger partial charge in [0.1, 0.15) is 0 Å². The Bertz CT molecular complexity index is 1080. The molecule has 2 aromatic heterocycles. The third-order valence-electron chi connectivity index (χ3n) is 4.49. The zero-order chi connectivity index (χ0) is 19.0. The first-order valence-electron chi connectivity index (χ1n) is 8.66. The first kappa shape index (κ1) is 17.5. The van der Waals surface area contributed by atoms with Crippen LogP contribution in [0.4, 0.5) is 0 Å². The van der Waals surface area contributed by atoms with Crippen molar-refractivity contribution < 1.29 is 4.79 Å². The molecule has 4 rings (SSSR count). The molecule has 1 aliphatic rings. The number of aromatic nitrogens is 3. The van der Waals surface area contributed by atoms with Crippen LogP contribution >= 0.6 is 11.8 Å². The second-order valence-electron chi connectivity index (χ2n) is 6.48. The minimum Gasteiger partial charge on any atom is -0.301 e. The van der Waals surface area contributed by atoms with Crippen LogP contribution in [0, 0.1) is 13.8 Å². The number of fused-ring (bicyclic) bond motifs is 1. The van der Waals surface area contributed by atoms with E-state index in [0.717, 1.165) is 33.4 Å². The largest absolute Gasteiger partial charge is 0.301 e. The molecule has 0 saturated carbocycles. The van der Waals surface area contributed by atoms with Crippen LogP contribution in [0.3, 0.4) is 0 Å². The molecule has 1 unspecified atom stereocenters. The number of amidine groups is 1. The van der Waals surface area contributed by atoms with Gasteiger partial charge in [0.15, 0.2) is 5.17 Å². The average Bonchev–Trinajstić information content (AvgIpc) is 3.16. The van der Waals surface area contributed by atoms with Crippen LogP contribution in [0.5, 0.6) is 0 Å². The zero-order valence-corrected chi connectivity index (χ0v) is 16.1. The lowest BCUT2D eigenvalue weighted by Crippen LogP contribution is -2.20. The van der Waals surface area contributed by atoms with Crippen molar-refractivity contribution in [3.63, 3.8) is 0 Å². The number of aromatic amines is 1. The number of hydrogen-bond acceptors (Lipinski definition) is 5. The standard InChI is InChI=1S/C20H19N5OS/c1-11(18-12(2)24-25-13(18)3)22-20-23-19(26)17(27-20)10-14-6-7-16-15(9-14)5-4-8-21-16/h4-11H,1-3H3,(H,24,25)(H,22,23,26)/b17-10-. The van der Waals surface area contributed by atoms with Crippen molar-refractivity contribution >= 4 is 39.8 Å². The van der Waals surface area contributed by atoms with Gasteiger partial charge in [0.05, 0.1) is 22.2 Å². The van der Waals surface area contributed by atoms with Gasteiger partial charge < -0.3 is 5.32 Å². The minimum absolute atomic E-state index is 0.0855. The Morgan fingerprint density at radius 1 is 1.26 bits per heavy atom. The van der Waals surface area contributed by atoms with Crippen LogP contribution in [0.25, 0.3) is 17.0 Å². The van der Waals surface area contributed by atoms with Gasteiger partial charge >= 0.3 is 0 Å². The molecule has 1 fully saturated rings. The lowest BCUT2D eigenvalue weighted by atomic mass is 10.1. The van der Waals surface area contributed by atoms with Gasteiger partial charge in [-0.25, -0.2) is 0 Å². The molecule has 1 aromatic carbocycles. The molecular formula is C20H19N5OS. The minimum atomic E-state index is -0.127. The second-order valence-corrected chi connectivity index (χ2v) is 7.51. The highest BCUT2D eigenvalue weighted by molar-refractivity contribution is 8.18. The summed E-state index contributed by atoms with van der Waals surface area (Å²) >= 11 is 1.36. The first-order valence-corrected chi connectivity index (χ1v) is 9.48. The highest BCUT2D eigenvalue weighted by Crippen LogP contribution is 2.30. The second kappa shape index (κ2) is 7.00. The SMILES string of the molecule is Cc1n[nH]c(C)c1C(C)N=C1NC(=O)/C(=C/c2ccc3ncccc3c2)S1. The fourth-order valence-corrected chi connectivity index (χ4v) is 4.14. The summed E-state index contributed by atoms with van der Waals surface area (Å²) in [5.74, 6) is -0.127. The Morgan fingerprint density at radius 3 is 2.89 bits per heavy atom. The van der Waals surface area contributed by atoms with Gasteiger partial charge in [-0.2, -0.15) is 5.10 Å². The summed E-state index contributed by atoms with van der Waals surface area (Å²) in [5, 5.41) is 11.7. The van der Waals surface area contributed by atoms with E-state index in [1.807, 2.05) is 57.2 Å². The number of carbonyl (C=O) groups excluding carboxylic acids is 1. The maximum Gasteiger partial charge on any atom is 0.264 e. The molecule has 1 atom stereocenters. The average molecular weight is 377 g/mol. The summed E-state index contributed by atoms with van der Waals surface area (Å²) in [5.41, 5.74) is 4.89. The Morgan fingerprint density at radius 2 is 2.11 bits per heavy atom. The number of amides is 1. The lowest BCUT2D eigenvalue weighted by molar-refractivity contribution is -0.115. The van der Waals surface area contributed by atoms with E-state index < -0.39 is 0 Å². The molecule has 1 saturated heterocycles. The third kappa shape index (κ3) is 3.50. The highest BCUT2D eigenvalue weighted by atomic mass is 32.2. The van der Waals surface area contributed by atoms with Gasteiger partial charge in [0.25, 0.3) is 5.91 Å². The maximum atomic E-state index is 12.3. The molecule has 1 amide bonds. The number of benzene rings is 1. The van der Waals surface area contributed by atoms with Crippen LogP contribution in [0.2, 0.25) is 0 Å². The van der Waals surface area contributed by atoms with Crippen LogP contribution < -0.4 is 5.32 Å². The molecule has 7 heteroatoms. The van der Waals surface area contributed by atoms with Crippen LogP contribution in [0.1, 0.15) is 35.5 Å². The van der Waals surface area contributed by atoms with Crippen molar-refractivity contribution in [2.45, 2.75) is 26.8 Å². The van der Waals surface area contributed by atoms with E-state index in [9.17, 15) is 4.79 Å². The topological polar surface area (TPSA) is 83.0 Å². The van der Waals surface area contributed by atoms with Crippen molar-refractivity contribution in [1.29, 1.82) is 0 Å². The van der Waals surface area contributed by atoms with Crippen molar-refractivity contribution in [3.8, 4) is 0 Å².